The summed E-state index contributed by atoms with van der Waals surface area (Å²) >= 11 is 0. The summed E-state index contributed by atoms with van der Waals surface area (Å²) in [5.41, 5.74) is 4.70. The lowest BCUT2D eigenvalue weighted by Gasteiger charge is -2.04. The molecule has 0 atom stereocenters. The van der Waals surface area contributed by atoms with Gasteiger partial charge in [-0.05, 0) is 25.0 Å². The highest BCUT2D eigenvalue weighted by atomic mass is 14.7. The third-order valence-corrected chi connectivity index (χ3v) is 2.54. The predicted octanol–water partition coefficient (Wildman–Crippen LogP) is 3.51. The van der Waals surface area contributed by atoms with Gasteiger partial charge < -0.3 is 4.98 Å². The second-order valence-electron chi connectivity index (χ2n) is 4.20. The molecule has 78 valence electrons. The van der Waals surface area contributed by atoms with Crippen molar-refractivity contribution in [2.75, 3.05) is 0 Å². The van der Waals surface area contributed by atoms with Gasteiger partial charge in [0.1, 0.15) is 0 Å². The lowest BCUT2D eigenvalue weighted by atomic mass is 10.1. The Morgan fingerprint density at radius 1 is 1.20 bits per heavy atom. The summed E-state index contributed by atoms with van der Waals surface area (Å²) in [7, 11) is 0. The Morgan fingerprint density at radius 2 is 2.00 bits per heavy atom. The summed E-state index contributed by atoms with van der Waals surface area (Å²) in [4.78, 5) is 7.63. The molecule has 2 heteroatoms. The third kappa shape index (κ3) is 2.09. The highest BCUT2D eigenvalue weighted by Gasteiger charge is 2.03. The van der Waals surface area contributed by atoms with Gasteiger partial charge in [-0.3, -0.25) is 4.98 Å². The average molecular weight is 200 g/mol. The first-order chi connectivity index (χ1) is 7.16. The molecule has 2 aromatic heterocycles. The summed E-state index contributed by atoms with van der Waals surface area (Å²) in [6.07, 6.45) is 3.96. The maximum atomic E-state index is 4.45. The molecule has 0 aliphatic heterocycles. The summed E-state index contributed by atoms with van der Waals surface area (Å²) < 4.78 is 0. The quantitative estimate of drug-likeness (QED) is 0.789. The summed E-state index contributed by atoms with van der Waals surface area (Å²) in [6, 6.07) is 6.36. The molecule has 15 heavy (non-hydrogen) atoms. The van der Waals surface area contributed by atoms with Crippen LogP contribution < -0.4 is 0 Å². The molecule has 0 bridgehead atoms. The van der Waals surface area contributed by atoms with E-state index in [0.717, 1.165) is 5.69 Å². The lowest BCUT2D eigenvalue weighted by Crippen LogP contribution is -1.91. The molecular weight excluding hydrogens is 184 g/mol. The summed E-state index contributed by atoms with van der Waals surface area (Å²) in [5.74, 6) is 0.493. The van der Waals surface area contributed by atoms with Crippen LogP contribution in [0.25, 0.3) is 11.1 Å². The fraction of sp³-hybridized carbons (Fsp3) is 0.308. The molecule has 0 spiro atoms. The Morgan fingerprint density at radius 3 is 2.47 bits per heavy atom. The topological polar surface area (TPSA) is 28.7 Å². The Balaban J connectivity index is 2.31. The molecule has 0 saturated carbocycles. The van der Waals surface area contributed by atoms with Crippen molar-refractivity contribution in [3.8, 4) is 11.1 Å². The van der Waals surface area contributed by atoms with Crippen molar-refractivity contribution >= 4 is 0 Å². The molecule has 0 aliphatic carbocycles. The zero-order valence-electron chi connectivity index (χ0n) is 9.41. The molecule has 0 saturated heterocycles. The molecule has 0 amide bonds. The van der Waals surface area contributed by atoms with E-state index in [1.165, 1.54) is 16.8 Å². The van der Waals surface area contributed by atoms with Crippen LogP contribution in [0.1, 0.15) is 31.2 Å². The van der Waals surface area contributed by atoms with Crippen LogP contribution in [0.3, 0.4) is 0 Å². The zero-order valence-corrected chi connectivity index (χ0v) is 9.41. The molecule has 0 fully saturated rings. The Kier molecular flexibility index (Phi) is 2.58. The van der Waals surface area contributed by atoms with Gasteiger partial charge in [-0.1, -0.05) is 19.9 Å². The molecular formula is C13H16N2. The number of pyridine rings is 1. The van der Waals surface area contributed by atoms with Crippen LogP contribution in [0.5, 0.6) is 0 Å². The van der Waals surface area contributed by atoms with Crippen molar-refractivity contribution in [3.05, 3.63) is 42.0 Å². The molecule has 0 unspecified atom stereocenters. The Bertz CT molecular complexity index is 438. The normalized spacial score (nSPS) is 10.9. The fourth-order valence-corrected chi connectivity index (χ4v) is 1.59. The Hall–Kier alpha value is -1.57. The van der Waals surface area contributed by atoms with Crippen LogP contribution in [0, 0.1) is 6.92 Å². The number of aromatic amines is 1. The highest BCUT2D eigenvalue weighted by molar-refractivity contribution is 5.62. The monoisotopic (exact) mass is 200 g/mol. The van der Waals surface area contributed by atoms with Gasteiger partial charge in [-0.2, -0.15) is 0 Å². The van der Waals surface area contributed by atoms with Gasteiger partial charge >= 0.3 is 0 Å². The van der Waals surface area contributed by atoms with E-state index in [2.05, 4.69) is 48.9 Å². The molecule has 0 radical (unpaired) electrons. The van der Waals surface area contributed by atoms with Gasteiger partial charge in [-0.25, -0.2) is 0 Å². The van der Waals surface area contributed by atoms with Crippen molar-refractivity contribution in [2.24, 2.45) is 0 Å². The average Bonchev–Trinajstić information content (AvgIpc) is 2.65. The summed E-state index contributed by atoms with van der Waals surface area (Å²) in [6.45, 7) is 6.37. The van der Waals surface area contributed by atoms with E-state index in [1.54, 1.807) is 0 Å². The first-order valence-electron chi connectivity index (χ1n) is 5.28. The largest absolute Gasteiger partial charge is 0.365 e. The lowest BCUT2D eigenvalue weighted by molar-refractivity contribution is 0.823. The number of nitrogens with one attached hydrogen (secondary N) is 1. The zero-order chi connectivity index (χ0) is 10.8. The maximum absolute atomic E-state index is 4.45. The van der Waals surface area contributed by atoms with E-state index in [0.29, 0.717) is 5.92 Å². The van der Waals surface area contributed by atoms with Crippen molar-refractivity contribution in [2.45, 2.75) is 26.7 Å². The van der Waals surface area contributed by atoms with Crippen molar-refractivity contribution in [1.82, 2.24) is 9.97 Å². The first-order valence-corrected chi connectivity index (χ1v) is 5.28. The second kappa shape index (κ2) is 3.89. The molecule has 0 aromatic carbocycles. The van der Waals surface area contributed by atoms with Gasteiger partial charge in [0, 0.05) is 34.9 Å². The van der Waals surface area contributed by atoms with Gasteiger partial charge in [0.05, 0.1) is 0 Å². The van der Waals surface area contributed by atoms with E-state index < -0.39 is 0 Å². The van der Waals surface area contributed by atoms with Gasteiger partial charge in [-0.15, -0.1) is 0 Å². The number of rotatable bonds is 2. The minimum Gasteiger partial charge on any atom is -0.365 e. The van der Waals surface area contributed by atoms with Crippen LogP contribution >= 0.6 is 0 Å². The SMILES string of the molecule is Cc1cc(-c2ccc(C(C)C)nc2)c[nH]1. The van der Waals surface area contributed by atoms with Crippen molar-refractivity contribution in [1.29, 1.82) is 0 Å². The van der Waals surface area contributed by atoms with E-state index >= 15 is 0 Å². The first kappa shape index (κ1) is 9.97. The van der Waals surface area contributed by atoms with Crippen LogP contribution in [0.15, 0.2) is 30.6 Å². The van der Waals surface area contributed by atoms with Gasteiger partial charge in [0.25, 0.3) is 0 Å². The van der Waals surface area contributed by atoms with Crippen LogP contribution in [0.2, 0.25) is 0 Å². The van der Waals surface area contributed by atoms with E-state index in [9.17, 15) is 0 Å². The number of H-pyrrole nitrogens is 1. The van der Waals surface area contributed by atoms with E-state index in [1.807, 2.05) is 12.4 Å². The number of hydrogen-bond acceptors (Lipinski definition) is 1. The van der Waals surface area contributed by atoms with Crippen LogP contribution in [-0.4, -0.2) is 9.97 Å². The van der Waals surface area contributed by atoms with E-state index in [-0.39, 0.29) is 0 Å². The van der Waals surface area contributed by atoms with Crippen molar-refractivity contribution in [3.63, 3.8) is 0 Å². The Labute approximate surface area is 90.4 Å². The molecule has 2 nitrogen and oxygen atoms in total. The standard InChI is InChI=1S/C13H16N2/c1-9(2)13-5-4-11(7-15-13)12-6-10(3)14-8-12/h4-9,14H,1-3H3. The molecule has 1 N–H and O–H groups in total. The third-order valence-electron chi connectivity index (χ3n) is 2.54. The molecule has 0 aliphatic rings. The van der Waals surface area contributed by atoms with Crippen LogP contribution in [0.4, 0.5) is 0 Å². The molecule has 2 aromatic rings. The number of hydrogen-bond donors (Lipinski definition) is 1. The minimum absolute atomic E-state index is 0.493. The second-order valence-corrected chi connectivity index (χ2v) is 4.20. The molecule has 2 heterocycles. The smallest absolute Gasteiger partial charge is 0.0429 e. The molecule has 2 rings (SSSR count). The minimum atomic E-state index is 0.493. The van der Waals surface area contributed by atoms with Gasteiger partial charge in [0.2, 0.25) is 0 Å². The van der Waals surface area contributed by atoms with Crippen molar-refractivity contribution < 1.29 is 0 Å². The number of nitrogens with zero attached hydrogens (tertiary/aromatic N) is 1. The van der Waals surface area contributed by atoms with Gasteiger partial charge in [0.15, 0.2) is 0 Å². The number of aryl methyl sites for hydroxylation is 1. The van der Waals surface area contributed by atoms with E-state index in [4.69, 9.17) is 0 Å². The fourth-order valence-electron chi connectivity index (χ4n) is 1.59. The maximum Gasteiger partial charge on any atom is 0.0429 e. The van der Waals surface area contributed by atoms with Crippen LogP contribution in [-0.2, 0) is 0 Å². The highest BCUT2D eigenvalue weighted by Crippen LogP contribution is 2.21. The predicted molar refractivity (Wildman–Crippen MR) is 62.8 cm³/mol. The summed E-state index contributed by atoms with van der Waals surface area (Å²) in [5, 5.41) is 0. The number of aromatic nitrogens is 2.